The number of aliphatic hydroxyl groups is 1. The highest BCUT2D eigenvalue weighted by Crippen LogP contribution is 2.23. The summed E-state index contributed by atoms with van der Waals surface area (Å²) in [6.45, 7) is 2.11. The molecule has 0 fully saturated rings. The lowest BCUT2D eigenvalue weighted by Crippen LogP contribution is -2.34. The second-order valence-corrected chi connectivity index (χ2v) is 4.44. The molecule has 0 aliphatic heterocycles. The van der Waals surface area contributed by atoms with Crippen molar-refractivity contribution in [2.45, 2.75) is 29.8 Å². The number of aliphatic hydroxyl groups excluding tert-OH is 1. The Morgan fingerprint density at radius 2 is 2.43 bits per heavy atom. The Bertz CT molecular complexity index is 277. The molecule has 1 heterocycles. The highest BCUT2D eigenvalue weighted by atomic mass is 32.2. The topological polar surface area (TPSA) is 64.1 Å². The highest BCUT2D eigenvalue weighted by Gasteiger charge is 2.18. The maximum absolute atomic E-state index is 9.18. The average Bonchev–Trinajstić information content (AvgIpc) is 2.59. The summed E-state index contributed by atoms with van der Waals surface area (Å²) >= 11 is 1.53. The van der Waals surface area contributed by atoms with Gasteiger partial charge in [-0.2, -0.15) is 0 Å². The van der Waals surface area contributed by atoms with Crippen LogP contribution in [0.1, 0.15) is 13.3 Å². The Balaban J connectivity index is 2.61. The Labute approximate surface area is 88.5 Å². The number of aryl methyl sites for hydroxylation is 1. The van der Waals surface area contributed by atoms with E-state index in [4.69, 9.17) is 5.73 Å². The molecule has 0 aliphatic rings. The van der Waals surface area contributed by atoms with Gasteiger partial charge < -0.3 is 15.4 Å². The normalized spacial score (nSPS) is 15.4. The maximum Gasteiger partial charge on any atom is 0.168 e. The molecule has 4 nitrogen and oxygen atoms in total. The molecule has 0 radical (unpaired) electrons. The quantitative estimate of drug-likeness (QED) is 0.706. The van der Waals surface area contributed by atoms with Crippen LogP contribution in [0, 0.1) is 0 Å². The van der Waals surface area contributed by atoms with Crippen LogP contribution in [-0.2, 0) is 7.05 Å². The second-order valence-electron chi connectivity index (χ2n) is 3.23. The van der Waals surface area contributed by atoms with E-state index in [-0.39, 0.29) is 17.9 Å². The highest BCUT2D eigenvalue weighted by molar-refractivity contribution is 7.99. The first-order valence-corrected chi connectivity index (χ1v) is 5.57. The van der Waals surface area contributed by atoms with Gasteiger partial charge in [-0.3, -0.25) is 0 Å². The Hall–Kier alpha value is -0.520. The van der Waals surface area contributed by atoms with Gasteiger partial charge in [-0.1, -0.05) is 18.7 Å². The molecule has 80 valence electrons. The van der Waals surface area contributed by atoms with Crippen molar-refractivity contribution in [2.24, 2.45) is 12.8 Å². The summed E-state index contributed by atoms with van der Waals surface area (Å²) in [5, 5.41) is 10.1. The minimum atomic E-state index is 0.0155. The van der Waals surface area contributed by atoms with Crippen molar-refractivity contribution in [1.82, 2.24) is 9.55 Å². The summed E-state index contributed by atoms with van der Waals surface area (Å²) in [7, 11) is 1.93. The molecule has 0 saturated heterocycles. The third-order valence-electron chi connectivity index (χ3n) is 2.16. The zero-order valence-corrected chi connectivity index (χ0v) is 9.37. The number of rotatable bonds is 5. The van der Waals surface area contributed by atoms with Crippen molar-refractivity contribution in [3.05, 3.63) is 12.4 Å². The number of thioether (sulfide) groups is 1. The molecule has 0 aromatic carbocycles. The Kier molecular flexibility index (Phi) is 4.44. The van der Waals surface area contributed by atoms with Gasteiger partial charge in [0.15, 0.2) is 5.16 Å². The zero-order chi connectivity index (χ0) is 10.6. The van der Waals surface area contributed by atoms with E-state index in [2.05, 4.69) is 4.98 Å². The predicted octanol–water partition coefficient (Wildman–Crippen LogP) is 0.610. The summed E-state index contributed by atoms with van der Waals surface area (Å²) in [6, 6.07) is 0.0155. The molecule has 2 atom stereocenters. The van der Waals surface area contributed by atoms with Gasteiger partial charge in [0.1, 0.15) is 0 Å². The van der Waals surface area contributed by atoms with Gasteiger partial charge in [0.05, 0.1) is 11.9 Å². The van der Waals surface area contributed by atoms with Crippen molar-refractivity contribution in [3.63, 3.8) is 0 Å². The molecule has 2 unspecified atom stereocenters. The number of nitrogens with two attached hydrogens (primary N) is 1. The van der Waals surface area contributed by atoms with Crippen LogP contribution in [0.5, 0.6) is 0 Å². The van der Waals surface area contributed by atoms with Crippen LogP contribution >= 0.6 is 11.8 Å². The minimum absolute atomic E-state index is 0.0155. The largest absolute Gasteiger partial charge is 0.395 e. The molecule has 5 heteroatoms. The lowest BCUT2D eigenvalue weighted by molar-refractivity contribution is 0.281. The summed E-state index contributed by atoms with van der Waals surface area (Å²) in [5.74, 6) is 0. The summed E-state index contributed by atoms with van der Waals surface area (Å²) in [4.78, 5) is 4.18. The first kappa shape index (κ1) is 11.6. The van der Waals surface area contributed by atoms with Gasteiger partial charge in [0.2, 0.25) is 0 Å². The van der Waals surface area contributed by atoms with Gasteiger partial charge in [-0.15, -0.1) is 0 Å². The first-order valence-electron chi connectivity index (χ1n) is 4.69. The van der Waals surface area contributed by atoms with Crippen LogP contribution in [0.25, 0.3) is 0 Å². The summed E-state index contributed by atoms with van der Waals surface area (Å²) < 4.78 is 1.93. The number of aromatic nitrogens is 2. The van der Waals surface area contributed by atoms with E-state index in [0.29, 0.717) is 0 Å². The number of imidazole rings is 1. The molecule has 0 amide bonds. The lowest BCUT2D eigenvalue weighted by Gasteiger charge is -2.19. The standard InChI is InChI=1S/C9H17N3OS/c1-3-7(10)8(6-13)14-9-11-4-5-12(9)2/h4-5,7-8,13H,3,6,10H2,1-2H3. The monoisotopic (exact) mass is 215 g/mol. The molecule has 0 bridgehead atoms. The van der Waals surface area contributed by atoms with Gasteiger partial charge in [-0.25, -0.2) is 4.98 Å². The summed E-state index contributed by atoms with van der Waals surface area (Å²) in [5.41, 5.74) is 5.88. The average molecular weight is 215 g/mol. The molecule has 14 heavy (non-hydrogen) atoms. The number of nitrogens with zero attached hydrogens (tertiary/aromatic N) is 2. The van der Waals surface area contributed by atoms with Crippen LogP contribution in [-0.4, -0.2) is 32.6 Å². The smallest absolute Gasteiger partial charge is 0.168 e. The molecule has 1 aromatic rings. The van der Waals surface area contributed by atoms with Gasteiger partial charge in [0, 0.05) is 25.5 Å². The van der Waals surface area contributed by atoms with Crippen LogP contribution in [0.15, 0.2) is 17.6 Å². The van der Waals surface area contributed by atoms with Crippen molar-refractivity contribution >= 4 is 11.8 Å². The fourth-order valence-corrected chi connectivity index (χ4v) is 2.19. The van der Waals surface area contributed by atoms with Crippen molar-refractivity contribution in [1.29, 1.82) is 0 Å². The number of hydrogen-bond acceptors (Lipinski definition) is 4. The molecule has 1 rings (SSSR count). The van der Waals surface area contributed by atoms with E-state index < -0.39 is 0 Å². The Morgan fingerprint density at radius 1 is 1.71 bits per heavy atom. The van der Waals surface area contributed by atoms with Gasteiger partial charge in [-0.05, 0) is 6.42 Å². The molecule has 0 saturated carbocycles. The SMILES string of the molecule is CCC(N)C(CO)Sc1nccn1C. The van der Waals surface area contributed by atoms with Crippen LogP contribution in [0.4, 0.5) is 0 Å². The molecule has 0 aliphatic carbocycles. The van der Waals surface area contributed by atoms with E-state index in [1.807, 2.05) is 24.7 Å². The van der Waals surface area contributed by atoms with Crippen molar-refractivity contribution < 1.29 is 5.11 Å². The van der Waals surface area contributed by atoms with Crippen LogP contribution in [0.3, 0.4) is 0 Å². The summed E-state index contributed by atoms with van der Waals surface area (Å²) in [6.07, 6.45) is 4.49. The van der Waals surface area contributed by atoms with Crippen LogP contribution in [0.2, 0.25) is 0 Å². The zero-order valence-electron chi connectivity index (χ0n) is 8.55. The molecular weight excluding hydrogens is 198 g/mol. The van der Waals surface area contributed by atoms with Gasteiger partial charge in [0.25, 0.3) is 0 Å². The first-order chi connectivity index (χ1) is 6.69. The fraction of sp³-hybridized carbons (Fsp3) is 0.667. The van der Waals surface area contributed by atoms with Crippen LogP contribution < -0.4 is 5.73 Å². The number of hydrogen-bond donors (Lipinski definition) is 2. The third-order valence-corrected chi connectivity index (χ3v) is 3.57. The third kappa shape index (κ3) is 2.73. The minimum Gasteiger partial charge on any atom is -0.395 e. The Morgan fingerprint density at radius 3 is 2.86 bits per heavy atom. The van der Waals surface area contributed by atoms with E-state index >= 15 is 0 Å². The van der Waals surface area contributed by atoms with Gasteiger partial charge >= 0.3 is 0 Å². The molecule has 1 aromatic heterocycles. The lowest BCUT2D eigenvalue weighted by atomic mass is 10.2. The molecule has 3 N–H and O–H groups in total. The predicted molar refractivity (Wildman–Crippen MR) is 58.2 cm³/mol. The maximum atomic E-state index is 9.18. The van der Waals surface area contributed by atoms with Crippen molar-refractivity contribution in [2.75, 3.05) is 6.61 Å². The second kappa shape index (κ2) is 5.38. The molecular formula is C9H17N3OS. The van der Waals surface area contributed by atoms with Crippen molar-refractivity contribution in [3.8, 4) is 0 Å². The van der Waals surface area contributed by atoms with E-state index in [0.717, 1.165) is 11.6 Å². The fourth-order valence-electron chi connectivity index (χ4n) is 1.12. The van der Waals surface area contributed by atoms with E-state index in [9.17, 15) is 5.11 Å². The molecule has 0 spiro atoms. The van der Waals surface area contributed by atoms with E-state index in [1.165, 1.54) is 11.8 Å². The van der Waals surface area contributed by atoms with E-state index in [1.54, 1.807) is 6.20 Å².